The third-order valence-electron chi connectivity index (χ3n) is 3.75. The molecule has 0 atom stereocenters. The Morgan fingerprint density at radius 3 is 2.46 bits per heavy atom. The number of hydrogen-bond donors (Lipinski definition) is 2. The van der Waals surface area contributed by atoms with Gasteiger partial charge in [-0.1, -0.05) is 17.7 Å². The predicted molar refractivity (Wildman–Crippen MR) is 115 cm³/mol. The molecule has 0 saturated carbocycles. The van der Waals surface area contributed by atoms with Crippen LogP contribution in [0.2, 0.25) is 0 Å². The van der Waals surface area contributed by atoms with Crippen LogP contribution in [0.3, 0.4) is 0 Å². The zero-order valence-electron chi connectivity index (χ0n) is 15.4. The molecule has 1 aromatic heterocycles. The Morgan fingerprint density at radius 2 is 1.79 bits per heavy atom. The minimum absolute atomic E-state index is 0.125. The Kier molecular flexibility index (Phi) is 6.57. The molecule has 0 aliphatic heterocycles. The van der Waals surface area contributed by atoms with Gasteiger partial charge in [-0.05, 0) is 55.5 Å². The van der Waals surface area contributed by atoms with Crippen LogP contribution in [0, 0.1) is 6.92 Å². The number of ether oxygens (including phenoxy) is 2. The normalized spacial score (nSPS) is 10.2. The fourth-order valence-corrected chi connectivity index (χ4v) is 3.30. The fraction of sp³-hybridized carbons (Fsp3) is 0.150. The fourth-order valence-electron chi connectivity index (χ4n) is 2.30. The van der Waals surface area contributed by atoms with Crippen LogP contribution in [-0.4, -0.2) is 29.7 Å². The van der Waals surface area contributed by atoms with Gasteiger partial charge in [-0.15, -0.1) is 11.3 Å². The highest BCUT2D eigenvalue weighted by molar-refractivity contribution is 7.80. The van der Waals surface area contributed by atoms with E-state index in [1.807, 2.05) is 60.8 Å². The Hall–Kier alpha value is -2.97. The monoisotopic (exact) mass is 413 g/mol. The number of benzene rings is 2. The van der Waals surface area contributed by atoms with Gasteiger partial charge in [0.15, 0.2) is 16.9 Å². The summed E-state index contributed by atoms with van der Waals surface area (Å²) in [5.74, 6) is 1.07. The molecule has 0 spiro atoms. The SMILES string of the molecule is COc1ccc(-c2csc(NC(=S)NC(=O)COc3ccc(C)cc3)n2)cc1. The molecule has 3 aromatic rings. The third kappa shape index (κ3) is 5.51. The zero-order chi connectivity index (χ0) is 19.9. The number of aryl methyl sites for hydroxylation is 1. The molecule has 0 bridgehead atoms. The third-order valence-corrected chi connectivity index (χ3v) is 4.72. The second-order valence-electron chi connectivity index (χ2n) is 5.87. The molecule has 6 nitrogen and oxygen atoms in total. The van der Waals surface area contributed by atoms with Gasteiger partial charge in [0, 0.05) is 10.9 Å². The highest BCUT2D eigenvalue weighted by atomic mass is 32.1. The molecule has 0 fully saturated rings. The summed E-state index contributed by atoms with van der Waals surface area (Å²) in [5.41, 5.74) is 2.90. The molecule has 28 heavy (non-hydrogen) atoms. The van der Waals surface area contributed by atoms with Crippen LogP contribution < -0.4 is 20.1 Å². The molecule has 3 rings (SSSR count). The molecule has 2 aromatic carbocycles. The van der Waals surface area contributed by atoms with Crippen LogP contribution in [0.4, 0.5) is 5.13 Å². The first-order valence-corrected chi connectivity index (χ1v) is 9.72. The van der Waals surface area contributed by atoms with Crippen LogP contribution in [0.15, 0.2) is 53.9 Å². The average Bonchev–Trinajstić information content (AvgIpc) is 3.16. The minimum Gasteiger partial charge on any atom is -0.497 e. The number of rotatable bonds is 6. The number of amides is 1. The number of nitrogens with one attached hydrogen (secondary N) is 2. The first-order valence-electron chi connectivity index (χ1n) is 8.44. The van der Waals surface area contributed by atoms with E-state index in [0.717, 1.165) is 22.6 Å². The second-order valence-corrected chi connectivity index (χ2v) is 7.14. The quantitative estimate of drug-likeness (QED) is 0.595. The van der Waals surface area contributed by atoms with Crippen LogP contribution in [0.1, 0.15) is 5.56 Å². The molecule has 0 aliphatic rings. The van der Waals surface area contributed by atoms with Gasteiger partial charge in [-0.3, -0.25) is 10.1 Å². The number of hydrogen-bond acceptors (Lipinski definition) is 6. The number of thiazole rings is 1. The lowest BCUT2D eigenvalue weighted by Crippen LogP contribution is -2.37. The Balaban J connectivity index is 1.49. The number of aromatic nitrogens is 1. The van der Waals surface area contributed by atoms with Crippen molar-refractivity contribution in [3.8, 4) is 22.8 Å². The summed E-state index contributed by atoms with van der Waals surface area (Å²) >= 11 is 6.57. The topological polar surface area (TPSA) is 72.5 Å². The first kappa shape index (κ1) is 19.8. The van der Waals surface area contributed by atoms with Gasteiger partial charge >= 0.3 is 0 Å². The van der Waals surface area contributed by atoms with Gasteiger partial charge in [0.2, 0.25) is 0 Å². The molecule has 1 heterocycles. The summed E-state index contributed by atoms with van der Waals surface area (Å²) in [6.45, 7) is 1.86. The Labute approximate surface area is 172 Å². The van der Waals surface area contributed by atoms with E-state index in [0.29, 0.717) is 10.9 Å². The minimum atomic E-state index is -0.343. The van der Waals surface area contributed by atoms with Gasteiger partial charge in [0.1, 0.15) is 11.5 Å². The summed E-state index contributed by atoms with van der Waals surface area (Å²) in [7, 11) is 1.63. The maximum atomic E-state index is 12.0. The van der Waals surface area contributed by atoms with Gasteiger partial charge in [0.25, 0.3) is 5.91 Å². The van der Waals surface area contributed by atoms with E-state index in [2.05, 4.69) is 15.6 Å². The molecule has 1 amide bonds. The lowest BCUT2D eigenvalue weighted by Gasteiger charge is -2.09. The van der Waals surface area contributed by atoms with E-state index in [4.69, 9.17) is 21.7 Å². The smallest absolute Gasteiger partial charge is 0.264 e. The van der Waals surface area contributed by atoms with Gasteiger partial charge in [0.05, 0.1) is 12.8 Å². The second kappa shape index (κ2) is 9.29. The van der Waals surface area contributed by atoms with Crippen LogP contribution >= 0.6 is 23.6 Å². The van der Waals surface area contributed by atoms with Crippen LogP contribution in [-0.2, 0) is 4.79 Å². The molecule has 144 valence electrons. The molecule has 0 saturated heterocycles. The van der Waals surface area contributed by atoms with E-state index < -0.39 is 0 Å². The van der Waals surface area contributed by atoms with Crippen molar-refractivity contribution in [2.75, 3.05) is 19.0 Å². The molecular weight excluding hydrogens is 394 g/mol. The van der Waals surface area contributed by atoms with Gasteiger partial charge in [-0.2, -0.15) is 0 Å². The number of nitrogens with zero attached hydrogens (tertiary/aromatic N) is 1. The average molecular weight is 414 g/mol. The number of carbonyl (C=O) groups excluding carboxylic acids is 1. The van der Waals surface area contributed by atoms with E-state index in [9.17, 15) is 4.79 Å². The summed E-state index contributed by atoms with van der Waals surface area (Å²) in [5, 5.41) is 8.18. The van der Waals surface area contributed by atoms with Crippen LogP contribution in [0.5, 0.6) is 11.5 Å². The summed E-state index contributed by atoms with van der Waals surface area (Å²) in [6, 6.07) is 15.1. The first-order chi connectivity index (χ1) is 13.5. The summed E-state index contributed by atoms with van der Waals surface area (Å²) in [4.78, 5) is 16.5. The van der Waals surface area contributed by atoms with E-state index in [1.165, 1.54) is 11.3 Å². The highest BCUT2D eigenvalue weighted by Gasteiger charge is 2.09. The number of thiocarbonyl (C=S) groups is 1. The maximum absolute atomic E-state index is 12.0. The number of methoxy groups -OCH3 is 1. The Morgan fingerprint density at radius 1 is 1.11 bits per heavy atom. The molecule has 0 radical (unpaired) electrons. The maximum Gasteiger partial charge on any atom is 0.264 e. The zero-order valence-corrected chi connectivity index (χ0v) is 17.0. The molecule has 0 unspecified atom stereocenters. The van der Waals surface area contributed by atoms with Crippen molar-refractivity contribution >= 4 is 39.7 Å². The van der Waals surface area contributed by atoms with Gasteiger partial charge < -0.3 is 14.8 Å². The lowest BCUT2D eigenvalue weighted by molar-refractivity contribution is -0.121. The van der Waals surface area contributed by atoms with Crippen molar-refractivity contribution < 1.29 is 14.3 Å². The standard InChI is InChI=1S/C20H19N3O3S2/c1-13-3-7-16(8-4-13)26-11-18(24)22-19(27)23-20-21-17(12-28-20)14-5-9-15(25-2)10-6-14/h3-10,12H,11H2,1-2H3,(H2,21,22,23,24,27). The molecular formula is C20H19N3O3S2. The van der Waals surface area contributed by atoms with Crippen LogP contribution in [0.25, 0.3) is 11.3 Å². The van der Waals surface area contributed by atoms with E-state index in [-0.39, 0.29) is 17.6 Å². The van der Waals surface area contributed by atoms with E-state index >= 15 is 0 Å². The highest BCUT2D eigenvalue weighted by Crippen LogP contribution is 2.26. The van der Waals surface area contributed by atoms with Crippen molar-refractivity contribution in [3.05, 3.63) is 59.5 Å². The molecule has 8 heteroatoms. The molecule has 2 N–H and O–H groups in total. The van der Waals surface area contributed by atoms with Crippen molar-refractivity contribution in [2.45, 2.75) is 6.92 Å². The number of anilines is 1. The Bertz CT molecular complexity index is 954. The largest absolute Gasteiger partial charge is 0.497 e. The summed E-state index contributed by atoms with van der Waals surface area (Å²) < 4.78 is 10.6. The van der Waals surface area contributed by atoms with Crippen molar-refractivity contribution in [1.82, 2.24) is 10.3 Å². The lowest BCUT2D eigenvalue weighted by atomic mass is 10.2. The van der Waals surface area contributed by atoms with E-state index in [1.54, 1.807) is 7.11 Å². The van der Waals surface area contributed by atoms with Gasteiger partial charge in [-0.25, -0.2) is 4.98 Å². The van der Waals surface area contributed by atoms with Crippen molar-refractivity contribution in [1.29, 1.82) is 0 Å². The summed E-state index contributed by atoms with van der Waals surface area (Å²) in [6.07, 6.45) is 0. The predicted octanol–water partition coefficient (Wildman–Crippen LogP) is 4.02. The van der Waals surface area contributed by atoms with Crippen molar-refractivity contribution in [2.24, 2.45) is 0 Å². The number of carbonyl (C=O) groups is 1. The molecule has 0 aliphatic carbocycles. The van der Waals surface area contributed by atoms with Crippen molar-refractivity contribution in [3.63, 3.8) is 0 Å².